The summed E-state index contributed by atoms with van der Waals surface area (Å²) in [7, 11) is 1.37. The maximum Gasteiger partial charge on any atom is 0.337 e. The van der Waals surface area contributed by atoms with Gasteiger partial charge in [-0.25, -0.2) is 4.79 Å². The molecule has 0 radical (unpaired) electrons. The first-order valence-corrected chi connectivity index (χ1v) is 11.4. The number of halogens is 1. The Morgan fingerprint density at radius 2 is 1.84 bits per heavy atom. The van der Waals surface area contributed by atoms with E-state index in [2.05, 4.69) is 52.4 Å². The van der Waals surface area contributed by atoms with E-state index in [1.807, 2.05) is 24.3 Å². The number of esters is 1. The molecule has 2 atom stereocenters. The zero-order chi connectivity index (χ0) is 22.7. The molecule has 32 heavy (non-hydrogen) atoms. The highest BCUT2D eigenvalue weighted by Gasteiger charge is 2.28. The van der Waals surface area contributed by atoms with Gasteiger partial charge in [-0.15, -0.1) is 0 Å². The number of hydrogen-bond acceptors (Lipinski definition) is 5. The third-order valence-electron chi connectivity index (χ3n) is 5.75. The van der Waals surface area contributed by atoms with Gasteiger partial charge in [0.15, 0.2) is 0 Å². The second-order valence-electron chi connectivity index (χ2n) is 7.77. The van der Waals surface area contributed by atoms with E-state index in [0.29, 0.717) is 12.0 Å². The molecular weight excluding hydrogens is 468 g/mol. The molecule has 4 rings (SSSR count). The van der Waals surface area contributed by atoms with Gasteiger partial charge in [0.25, 0.3) is 0 Å². The Hall–Kier alpha value is -2.96. The molecule has 0 fully saturated rings. The summed E-state index contributed by atoms with van der Waals surface area (Å²) in [6.45, 7) is 2.14. The SMILES string of the molecule is CCc1ccc(C2=N[C@@H](c3ccc(C(=O)OC)cc3)N[C@H](c3cc(Br)ccc3O)C2)cc1. The molecule has 1 aliphatic heterocycles. The van der Waals surface area contributed by atoms with E-state index in [0.717, 1.165) is 33.3 Å². The summed E-state index contributed by atoms with van der Waals surface area (Å²) in [5, 5.41) is 14.1. The molecule has 3 aromatic rings. The average molecular weight is 493 g/mol. The van der Waals surface area contributed by atoms with Gasteiger partial charge in [-0.3, -0.25) is 10.3 Å². The Kier molecular flexibility index (Phi) is 6.72. The largest absolute Gasteiger partial charge is 0.508 e. The third kappa shape index (κ3) is 4.76. The maximum absolute atomic E-state index is 11.8. The number of aryl methyl sites for hydroxylation is 1. The van der Waals surface area contributed by atoms with Crippen molar-refractivity contribution >= 4 is 27.6 Å². The fourth-order valence-corrected chi connectivity index (χ4v) is 4.29. The van der Waals surface area contributed by atoms with Crippen LogP contribution >= 0.6 is 15.9 Å². The Balaban J connectivity index is 1.72. The van der Waals surface area contributed by atoms with E-state index in [1.165, 1.54) is 12.7 Å². The van der Waals surface area contributed by atoms with E-state index in [-0.39, 0.29) is 23.9 Å². The third-order valence-corrected chi connectivity index (χ3v) is 6.24. The Morgan fingerprint density at radius 1 is 1.12 bits per heavy atom. The molecule has 2 N–H and O–H groups in total. The number of aromatic hydroxyl groups is 1. The first-order valence-electron chi connectivity index (χ1n) is 10.6. The van der Waals surface area contributed by atoms with Crippen LogP contribution in [-0.2, 0) is 11.2 Å². The molecule has 0 bridgehead atoms. The Bertz CT molecular complexity index is 1140. The first kappa shape index (κ1) is 22.2. The maximum atomic E-state index is 11.8. The van der Waals surface area contributed by atoms with Crippen LogP contribution in [0.3, 0.4) is 0 Å². The quantitative estimate of drug-likeness (QED) is 0.446. The number of carbonyl (C=O) groups excluding carboxylic acids is 1. The Labute approximate surface area is 196 Å². The summed E-state index contributed by atoms with van der Waals surface area (Å²) in [6.07, 6.45) is 1.31. The lowest BCUT2D eigenvalue weighted by molar-refractivity contribution is 0.0600. The van der Waals surface area contributed by atoms with Crippen molar-refractivity contribution in [3.8, 4) is 5.75 Å². The number of phenolic OH excluding ortho intramolecular Hbond substituents is 1. The van der Waals surface area contributed by atoms with Crippen LogP contribution in [0.2, 0.25) is 0 Å². The number of carbonyl (C=O) groups is 1. The molecule has 0 aromatic heterocycles. The van der Waals surface area contributed by atoms with Crippen LogP contribution in [0.4, 0.5) is 0 Å². The minimum absolute atomic E-state index is 0.129. The van der Waals surface area contributed by atoms with Gasteiger partial charge < -0.3 is 9.84 Å². The normalized spacial score (nSPS) is 18.2. The van der Waals surface area contributed by atoms with Crippen molar-refractivity contribution in [2.45, 2.75) is 32.0 Å². The molecule has 5 nitrogen and oxygen atoms in total. The number of ether oxygens (including phenoxy) is 1. The van der Waals surface area contributed by atoms with Crippen molar-refractivity contribution in [2.75, 3.05) is 7.11 Å². The van der Waals surface area contributed by atoms with Gasteiger partial charge in [0, 0.05) is 28.2 Å². The smallest absolute Gasteiger partial charge is 0.337 e. The summed E-state index contributed by atoms with van der Waals surface area (Å²) in [4.78, 5) is 16.8. The number of aliphatic imine (C=N–C) groups is 1. The van der Waals surface area contributed by atoms with Crippen LogP contribution in [0.1, 0.15) is 58.2 Å². The van der Waals surface area contributed by atoms with Crippen LogP contribution in [0, 0.1) is 0 Å². The fraction of sp³-hybridized carbons (Fsp3) is 0.231. The summed E-state index contributed by atoms with van der Waals surface area (Å²) in [6, 6.07) is 21.1. The number of hydrogen-bond donors (Lipinski definition) is 2. The van der Waals surface area contributed by atoms with E-state index in [1.54, 1.807) is 18.2 Å². The van der Waals surface area contributed by atoms with Gasteiger partial charge in [-0.1, -0.05) is 59.3 Å². The highest BCUT2D eigenvalue weighted by Crippen LogP contribution is 2.36. The van der Waals surface area contributed by atoms with Crippen molar-refractivity contribution in [3.63, 3.8) is 0 Å². The molecular formula is C26H25BrN2O3. The lowest BCUT2D eigenvalue weighted by atomic mass is 9.93. The predicted octanol–water partition coefficient (Wildman–Crippen LogP) is 5.73. The van der Waals surface area contributed by atoms with Crippen molar-refractivity contribution in [3.05, 3.63) is 99.0 Å². The van der Waals surface area contributed by atoms with Crippen molar-refractivity contribution in [2.24, 2.45) is 4.99 Å². The highest BCUT2D eigenvalue weighted by molar-refractivity contribution is 9.10. The number of nitrogens with one attached hydrogen (secondary N) is 1. The molecule has 164 valence electrons. The molecule has 0 amide bonds. The lowest BCUT2D eigenvalue weighted by Gasteiger charge is -2.31. The molecule has 0 saturated carbocycles. The summed E-state index contributed by atoms with van der Waals surface area (Å²) in [5.74, 6) is -0.127. The number of phenols is 1. The van der Waals surface area contributed by atoms with Crippen LogP contribution in [0.25, 0.3) is 0 Å². The summed E-state index contributed by atoms with van der Waals surface area (Å²) >= 11 is 3.51. The number of benzene rings is 3. The van der Waals surface area contributed by atoms with Crippen LogP contribution in [-0.4, -0.2) is 23.9 Å². The molecule has 0 aliphatic carbocycles. The second kappa shape index (κ2) is 9.67. The van der Waals surface area contributed by atoms with Gasteiger partial charge in [0.05, 0.1) is 12.7 Å². The van der Waals surface area contributed by atoms with Crippen molar-refractivity contribution in [1.29, 1.82) is 0 Å². The Morgan fingerprint density at radius 3 is 2.50 bits per heavy atom. The molecule has 0 saturated heterocycles. The zero-order valence-corrected chi connectivity index (χ0v) is 19.6. The van der Waals surface area contributed by atoms with E-state index >= 15 is 0 Å². The van der Waals surface area contributed by atoms with Gasteiger partial charge in [0.1, 0.15) is 11.9 Å². The molecule has 6 heteroatoms. The average Bonchev–Trinajstić information content (AvgIpc) is 2.85. The van der Waals surface area contributed by atoms with Crippen LogP contribution in [0.5, 0.6) is 5.75 Å². The predicted molar refractivity (Wildman–Crippen MR) is 129 cm³/mol. The van der Waals surface area contributed by atoms with Crippen molar-refractivity contribution in [1.82, 2.24) is 5.32 Å². The van der Waals surface area contributed by atoms with Crippen LogP contribution in [0.15, 0.2) is 76.2 Å². The fourth-order valence-electron chi connectivity index (χ4n) is 3.91. The van der Waals surface area contributed by atoms with Crippen molar-refractivity contribution < 1.29 is 14.6 Å². The number of methoxy groups -OCH3 is 1. The molecule has 3 aromatic carbocycles. The molecule has 0 unspecified atom stereocenters. The number of nitrogens with zero attached hydrogens (tertiary/aromatic N) is 1. The second-order valence-corrected chi connectivity index (χ2v) is 8.68. The van der Waals surface area contributed by atoms with Gasteiger partial charge in [-0.2, -0.15) is 0 Å². The van der Waals surface area contributed by atoms with Gasteiger partial charge >= 0.3 is 5.97 Å². The molecule has 1 aliphatic rings. The monoisotopic (exact) mass is 492 g/mol. The van der Waals surface area contributed by atoms with E-state index < -0.39 is 0 Å². The topological polar surface area (TPSA) is 70.9 Å². The van der Waals surface area contributed by atoms with Gasteiger partial charge in [-0.05, 0) is 53.4 Å². The minimum Gasteiger partial charge on any atom is -0.508 e. The zero-order valence-electron chi connectivity index (χ0n) is 18.0. The molecule has 0 spiro atoms. The summed E-state index contributed by atoms with van der Waals surface area (Å²) < 4.78 is 5.71. The molecule has 1 heterocycles. The first-order chi connectivity index (χ1) is 15.5. The minimum atomic E-state index is -0.370. The van der Waals surface area contributed by atoms with E-state index in [9.17, 15) is 9.90 Å². The van der Waals surface area contributed by atoms with Gasteiger partial charge in [0.2, 0.25) is 0 Å². The van der Waals surface area contributed by atoms with E-state index in [4.69, 9.17) is 9.73 Å². The number of rotatable bonds is 5. The standard InChI is InChI=1S/C26H25BrN2O3/c1-3-16-4-6-17(7-5-16)22-15-23(21-14-20(27)12-13-24(21)30)29-25(28-22)18-8-10-19(11-9-18)26(31)32-2/h4-14,23,25,29-30H,3,15H2,1-2H3/t23-,25+/m0/s1. The summed E-state index contributed by atoms with van der Waals surface area (Å²) in [5.41, 5.74) is 5.55. The lowest BCUT2D eigenvalue weighted by Crippen LogP contribution is -2.33. The van der Waals surface area contributed by atoms with Crippen LogP contribution < -0.4 is 5.32 Å². The highest BCUT2D eigenvalue weighted by atomic mass is 79.9.